The van der Waals surface area contributed by atoms with Crippen molar-refractivity contribution in [2.24, 2.45) is 5.92 Å². The quantitative estimate of drug-likeness (QED) is 0.849. The van der Waals surface area contributed by atoms with Crippen LogP contribution in [0, 0.1) is 5.92 Å². The molecule has 5 nitrogen and oxygen atoms in total. The molecule has 0 spiro atoms. The number of benzene rings is 1. The molecule has 0 fully saturated rings. The Morgan fingerprint density at radius 1 is 1.28 bits per heavy atom. The van der Waals surface area contributed by atoms with Crippen molar-refractivity contribution in [2.75, 3.05) is 0 Å². The fourth-order valence-corrected chi connectivity index (χ4v) is 2.90. The van der Waals surface area contributed by atoms with Crippen LogP contribution >= 0.6 is 15.9 Å². The molecular formula is C11H13BrNO4S-. The number of hydrogen-bond donors (Lipinski definition) is 1. The molecule has 18 heavy (non-hydrogen) atoms. The van der Waals surface area contributed by atoms with E-state index >= 15 is 0 Å². The minimum absolute atomic E-state index is 0.0117. The van der Waals surface area contributed by atoms with Crippen molar-refractivity contribution in [1.82, 2.24) is 4.72 Å². The summed E-state index contributed by atoms with van der Waals surface area (Å²) < 4.78 is 26.8. The van der Waals surface area contributed by atoms with Gasteiger partial charge in [0.2, 0.25) is 10.0 Å². The first kappa shape index (κ1) is 15.1. The maximum absolute atomic E-state index is 11.9. The summed E-state index contributed by atoms with van der Waals surface area (Å²) in [7, 11) is -3.86. The largest absolute Gasteiger partial charge is 0.548 e. The predicted molar refractivity (Wildman–Crippen MR) is 68.1 cm³/mol. The first-order valence-electron chi connectivity index (χ1n) is 5.23. The van der Waals surface area contributed by atoms with Crippen LogP contribution in [0.15, 0.2) is 33.6 Å². The summed E-state index contributed by atoms with van der Waals surface area (Å²) in [4.78, 5) is 10.9. The summed E-state index contributed by atoms with van der Waals surface area (Å²) in [5, 5.41) is 10.9. The van der Waals surface area contributed by atoms with Crippen LogP contribution in [0.2, 0.25) is 0 Å². The van der Waals surface area contributed by atoms with E-state index in [1.54, 1.807) is 26.0 Å². The lowest BCUT2D eigenvalue weighted by molar-refractivity contribution is -0.309. The normalized spacial score (nSPS) is 13.6. The molecule has 0 radical (unpaired) electrons. The number of carboxylic acid groups (broad SMARTS) is 1. The lowest BCUT2D eigenvalue weighted by atomic mass is 10.1. The topological polar surface area (TPSA) is 86.3 Å². The number of carboxylic acids is 1. The average molecular weight is 335 g/mol. The summed E-state index contributed by atoms with van der Waals surface area (Å²) in [5.74, 6) is -1.84. The van der Waals surface area contributed by atoms with Gasteiger partial charge in [0.25, 0.3) is 0 Å². The Labute approximate surface area is 114 Å². The summed E-state index contributed by atoms with van der Waals surface area (Å²) in [5.41, 5.74) is 0. The molecule has 0 saturated carbocycles. The molecule has 1 N–H and O–H groups in total. The van der Waals surface area contributed by atoms with E-state index < -0.39 is 28.0 Å². The molecule has 1 atom stereocenters. The van der Waals surface area contributed by atoms with E-state index in [9.17, 15) is 18.3 Å². The molecule has 0 aliphatic carbocycles. The minimum Gasteiger partial charge on any atom is -0.548 e. The van der Waals surface area contributed by atoms with Gasteiger partial charge in [0, 0.05) is 4.47 Å². The van der Waals surface area contributed by atoms with E-state index in [2.05, 4.69) is 20.7 Å². The van der Waals surface area contributed by atoms with E-state index in [0.29, 0.717) is 0 Å². The zero-order chi connectivity index (χ0) is 13.9. The van der Waals surface area contributed by atoms with Gasteiger partial charge >= 0.3 is 0 Å². The van der Waals surface area contributed by atoms with E-state index in [4.69, 9.17) is 0 Å². The molecule has 0 aliphatic rings. The van der Waals surface area contributed by atoms with Gasteiger partial charge in [0.15, 0.2) is 0 Å². The van der Waals surface area contributed by atoms with Crippen molar-refractivity contribution >= 4 is 31.9 Å². The lowest BCUT2D eigenvalue weighted by Gasteiger charge is -2.23. The highest BCUT2D eigenvalue weighted by Gasteiger charge is 2.23. The van der Waals surface area contributed by atoms with Crippen molar-refractivity contribution in [3.8, 4) is 0 Å². The van der Waals surface area contributed by atoms with Crippen molar-refractivity contribution in [1.29, 1.82) is 0 Å². The Kier molecular flexibility index (Phi) is 4.89. The van der Waals surface area contributed by atoms with Crippen molar-refractivity contribution < 1.29 is 18.3 Å². The number of nitrogens with one attached hydrogen (secondary N) is 1. The van der Waals surface area contributed by atoms with Crippen LogP contribution in [0.5, 0.6) is 0 Å². The highest BCUT2D eigenvalue weighted by molar-refractivity contribution is 9.10. The second-order valence-corrected chi connectivity index (χ2v) is 6.75. The van der Waals surface area contributed by atoms with Crippen molar-refractivity contribution in [3.63, 3.8) is 0 Å². The molecule has 0 saturated heterocycles. The van der Waals surface area contributed by atoms with Crippen LogP contribution in [-0.2, 0) is 14.8 Å². The number of carbonyl (C=O) groups is 1. The smallest absolute Gasteiger partial charge is 0.241 e. The molecule has 1 aromatic rings. The van der Waals surface area contributed by atoms with Gasteiger partial charge < -0.3 is 9.90 Å². The predicted octanol–water partition coefficient (Wildman–Crippen LogP) is 0.502. The number of carbonyl (C=O) groups excluding carboxylic acids is 1. The number of rotatable bonds is 5. The standard InChI is InChI=1S/C11H14BrNO4S/c1-7(2)10(11(14)15)13-18(16,17)9-5-3-8(12)4-6-9/h3-7,10,13H,1-2H3,(H,14,15)/p-1/t10-/m0/s1. The molecule has 0 amide bonds. The summed E-state index contributed by atoms with van der Waals surface area (Å²) in [6.45, 7) is 3.20. The number of hydrogen-bond acceptors (Lipinski definition) is 4. The molecule has 0 bridgehead atoms. The number of halogens is 1. The molecule has 7 heteroatoms. The molecule has 0 aromatic heterocycles. The minimum atomic E-state index is -3.86. The van der Waals surface area contributed by atoms with Crippen LogP contribution in [0.1, 0.15) is 13.8 Å². The molecule has 1 aromatic carbocycles. The molecule has 0 unspecified atom stereocenters. The van der Waals surface area contributed by atoms with Crippen molar-refractivity contribution in [2.45, 2.75) is 24.8 Å². The zero-order valence-corrected chi connectivity index (χ0v) is 12.3. The monoisotopic (exact) mass is 334 g/mol. The Morgan fingerprint density at radius 3 is 2.17 bits per heavy atom. The number of sulfonamides is 1. The first-order chi connectivity index (χ1) is 8.24. The maximum Gasteiger partial charge on any atom is 0.241 e. The fraction of sp³-hybridized carbons (Fsp3) is 0.364. The van der Waals surface area contributed by atoms with Gasteiger partial charge in [-0.25, -0.2) is 13.1 Å². The van der Waals surface area contributed by atoms with E-state index in [1.807, 2.05) is 0 Å². The van der Waals surface area contributed by atoms with E-state index in [-0.39, 0.29) is 4.90 Å². The molecule has 0 aliphatic heterocycles. The van der Waals surface area contributed by atoms with Gasteiger partial charge in [0.05, 0.1) is 16.9 Å². The summed E-state index contributed by atoms with van der Waals surface area (Å²) in [6.07, 6.45) is 0. The molecule has 0 heterocycles. The molecule has 100 valence electrons. The molecule has 1 rings (SSSR count). The third kappa shape index (κ3) is 3.79. The fourth-order valence-electron chi connectivity index (χ4n) is 1.31. The molecular weight excluding hydrogens is 322 g/mol. The average Bonchev–Trinajstić information content (AvgIpc) is 2.26. The third-order valence-corrected chi connectivity index (χ3v) is 4.31. The van der Waals surface area contributed by atoms with Crippen LogP contribution in [0.25, 0.3) is 0 Å². The highest BCUT2D eigenvalue weighted by Crippen LogP contribution is 2.15. The van der Waals surface area contributed by atoms with Crippen molar-refractivity contribution in [3.05, 3.63) is 28.7 Å². The van der Waals surface area contributed by atoms with Crippen LogP contribution in [0.4, 0.5) is 0 Å². The van der Waals surface area contributed by atoms with Crippen LogP contribution in [0.3, 0.4) is 0 Å². The Hall–Kier alpha value is -0.920. The second kappa shape index (κ2) is 5.81. The third-order valence-electron chi connectivity index (χ3n) is 2.33. The van der Waals surface area contributed by atoms with Gasteiger partial charge in [0.1, 0.15) is 0 Å². The summed E-state index contributed by atoms with van der Waals surface area (Å²) in [6, 6.07) is 4.66. The van der Waals surface area contributed by atoms with E-state index in [1.165, 1.54) is 12.1 Å². The Morgan fingerprint density at radius 2 is 1.78 bits per heavy atom. The van der Waals surface area contributed by atoms with Gasteiger partial charge in [-0.2, -0.15) is 0 Å². The highest BCUT2D eigenvalue weighted by atomic mass is 79.9. The Balaban J connectivity index is 3.01. The zero-order valence-electron chi connectivity index (χ0n) is 9.88. The van der Waals surface area contributed by atoms with Crippen LogP contribution < -0.4 is 9.83 Å². The second-order valence-electron chi connectivity index (χ2n) is 4.12. The SMILES string of the molecule is CC(C)[C@H](NS(=O)(=O)c1ccc(Br)cc1)C(=O)[O-]. The van der Waals surface area contributed by atoms with Gasteiger partial charge in [-0.3, -0.25) is 0 Å². The van der Waals surface area contributed by atoms with Gasteiger partial charge in [-0.05, 0) is 30.2 Å². The first-order valence-corrected chi connectivity index (χ1v) is 7.50. The van der Waals surface area contributed by atoms with Crippen LogP contribution in [-0.4, -0.2) is 20.4 Å². The maximum atomic E-state index is 11.9. The summed E-state index contributed by atoms with van der Waals surface area (Å²) >= 11 is 3.19. The Bertz CT molecular complexity index is 524. The van der Waals surface area contributed by atoms with E-state index in [0.717, 1.165) is 4.47 Å². The lowest BCUT2D eigenvalue weighted by Crippen LogP contribution is -2.50. The van der Waals surface area contributed by atoms with Gasteiger partial charge in [-0.1, -0.05) is 29.8 Å². The van der Waals surface area contributed by atoms with Gasteiger partial charge in [-0.15, -0.1) is 0 Å². The number of aliphatic carboxylic acids is 1.